The predicted octanol–water partition coefficient (Wildman–Crippen LogP) is 2.01. The van der Waals surface area contributed by atoms with Crippen molar-refractivity contribution in [2.45, 2.75) is 12.4 Å². The lowest BCUT2D eigenvalue weighted by Gasteiger charge is -2.26. The molecule has 34 heavy (non-hydrogen) atoms. The van der Waals surface area contributed by atoms with E-state index in [0.717, 1.165) is 23.3 Å². The summed E-state index contributed by atoms with van der Waals surface area (Å²) < 4.78 is 84.3. The van der Waals surface area contributed by atoms with Crippen LogP contribution in [0.15, 0.2) is 30.6 Å². The Morgan fingerprint density at radius 2 is 1.65 bits per heavy atom. The maximum Gasteiger partial charge on any atom is 0.416 e. The van der Waals surface area contributed by atoms with Crippen LogP contribution in [-0.2, 0) is 26.7 Å². The largest absolute Gasteiger partial charge is 0.416 e. The Morgan fingerprint density at radius 1 is 1.06 bits per heavy atom. The lowest BCUT2D eigenvalue weighted by atomic mass is 10.0. The summed E-state index contributed by atoms with van der Waals surface area (Å²) in [5.74, 6) is 3.47. The summed E-state index contributed by atoms with van der Waals surface area (Å²) in [6, 6.07) is 0.953. The van der Waals surface area contributed by atoms with Crippen LogP contribution in [0.25, 0.3) is 17.6 Å². The Morgan fingerprint density at radius 3 is 2.21 bits per heavy atom. The van der Waals surface area contributed by atoms with E-state index < -0.39 is 46.7 Å². The van der Waals surface area contributed by atoms with Gasteiger partial charge in [-0.3, -0.25) is 14.5 Å². The molecule has 1 fully saturated rings. The third-order valence-electron chi connectivity index (χ3n) is 4.69. The molecule has 0 spiro atoms. The normalized spacial score (nSPS) is 15.6. The number of hydrazine groups is 1. The average Bonchev–Trinajstić information content (AvgIpc) is 3.25. The van der Waals surface area contributed by atoms with Crippen LogP contribution in [0.5, 0.6) is 0 Å². The number of alkyl halides is 6. The number of ether oxygens (including phenoxy) is 1. The number of aromatic nitrogens is 3. The van der Waals surface area contributed by atoms with Crippen molar-refractivity contribution in [3.8, 4) is 11.4 Å². The van der Waals surface area contributed by atoms with Crippen LogP contribution in [0.1, 0.15) is 11.1 Å². The molecule has 1 aromatic heterocycles. The molecule has 2 heterocycles. The van der Waals surface area contributed by atoms with Gasteiger partial charge in [-0.2, -0.15) is 26.3 Å². The summed E-state index contributed by atoms with van der Waals surface area (Å²) in [6.45, 7) is 1.77. The number of imide groups is 1. The SMILES string of the molecule is NN(C(=O)C=Cn1cnc(-c2cc(C(F)(F)F)cc(C(F)(F)F)c2)n1)C(=O)CN1CCOCC1. The number of halogens is 6. The van der Waals surface area contributed by atoms with Crippen LogP contribution >= 0.6 is 0 Å². The quantitative estimate of drug-likeness (QED) is 0.224. The summed E-state index contributed by atoms with van der Waals surface area (Å²) >= 11 is 0. The molecule has 0 atom stereocenters. The van der Waals surface area contributed by atoms with Crippen LogP contribution in [0.3, 0.4) is 0 Å². The van der Waals surface area contributed by atoms with E-state index in [4.69, 9.17) is 10.6 Å². The lowest BCUT2D eigenvalue weighted by Crippen LogP contribution is -2.49. The van der Waals surface area contributed by atoms with E-state index in [0.29, 0.717) is 43.4 Å². The summed E-state index contributed by atoms with van der Waals surface area (Å²) in [7, 11) is 0. The Labute approximate surface area is 188 Å². The first kappa shape index (κ1) is 25.3. The van der Waals surface area contributed by atoms with Crippen LogP contribution in [0.4, 0.5) is 26.3 Å². The number of nitrogens with zero attached hydrogens (tertiary/aromatic N) is 5. The molecule has 1 aromatic carbocycles. The Bertz CT molecular complexity index is 1040. The third-order valence-corrected chi connectivity index (χ3v) is 4.69. The fourth-order valence-electron chi connectivity index (χ4n) is 2.93. The zero-order chi connectivity index (χ0) is 25.1. The molecule has 2 N–H and O–H groups in total. The molecule has 9 nitrogen and oxygen atoms in total. The summed E-state index contributed by atoms with van der Waals surface area (Å²) in [5, 5.41) is 4.14. The van der Waals surface area contributed by atoms with Crippen molar-refractivity contribution in [2.75, 3.05) is 32.8 Å². The van der Waals surface area contributed by atoms with Crippen molar-refractivity contribution in [3.63, 3.8) is 0 Å². The molecule has 1 aliphatic heterocycles. The number of amides is 2. The number of hydrogen-bond acceptors (Lipinski definition) is 7. The fraction of sp³-hybridized carbons (Fsp3) is 0.368. The van der Waals surface area contributed by atoms with Crippen LogP contribution in [-0.4, -0.2) is 69.3 Å². The van der Waals surface area contributed by atoms with Crippen molar-refractivity contribution in [2.24, 2.45) is 5.84 Å². The van der Waals surface area contributed by atoms with Gasteiger partial charge in [0, 0.05) is 30.9 Å². The summed E-state index contributed by atoms with van der Waals surface area (Å²) in [6.07, 6.45) is -7.24. The molecular weight excluding hydrogens is 474 g/mol. The van der Waals surface area contributed by atoms with E-state index in [9.17, 15) is 35.9 Å². The van der Waals surface area contributed by atoms with E-state index in [2.05, 4.69) is 10.1 Å². The van der Waals surface area contributed by atoms with E-state index >= 15 is 0 Å². The molecule has 15 heteroatoms. The van der Waals surface area contributed by atoms with E-state index in [-0.39, 0.29) is 12.6 Å². The van der Waals surface area contributed by atoms with Gasteiger partial charge in [-0.1, -0.05) is 0 Å². The van der Waals surface area contributed by atoms with Gasteiger partial charge in [-0.25, -0.2) is 20.5 Å². The maximum atomic E-state index is 13.0. The lowest BCUT2D eigenvalue weighted by molar-refractivity contribution is -0.145. The number of hydrogen-bond donors (Lipinski definition) is 1. The molecule has 0 saturated carbocycles. The first-order chi connectivity index (χ1) is 15.8. The van der Waals surface area contributed by atoms with Gasteiger partial charge in [0.25, 0.3) is 11.8 Å². The number of carbonyl (C=O) groups is 2. The second-order valence-corrected chi connectivity index (χ2v) is 7.15. The van der Waals surface area contributed by atoms with Gasteiger partial charge < -0.3 is 4.74 Å². The second-order valence-electron chi connectivity index (χ2n) is 7.15. The Balaban J connectivity index is 1.73. The number of carbonyl (C=O) groups excluding carboxylic acids is 2. The van der Waals surface area contributed by atoms with Crippen LogP contribution in [0.2, 0.25) is 0 Å². The van der Waals surface area contributed by atoms with Crippen molar-refractivity contribution in [1.29, 1.82) is 0 Å². The minimum absolute atomic E-state index is 0.0111. The van der Waals surface area contributed by atoms with E-state index in [1.54, 1.807) is 4.90 Å². The second kappa shape index (κ2) is 9.90. The van der Waals surface area contributed by atoms with Crippen molar-refractivity contribution in [3.05, 3.63) is 41.7 Å². The smallest absolute Gasteiger partial charge is 0.379 e. The highest BCUT2D eigenvalue weighted by atomic mass is 19.4. The molecular formula is C19H18F6N6O3. The highest BCUT2D eigenvalue weighted by molar-refractivity contribution is 6.02. The van der Waals surface area contributed by atoms with E-state index in [1.165, 1.54) is 0 Å². The summed E-state index contributed by atoms with van der Waals surface area (Å²) in [4.78, 5) is 29.7. The molecule has 0 aliphatic carbocycles. The first-order valence-electron chi connectivity index (χ1n) is 9.65. The van der Waals surface area contributed by atoms with Crippen LogP contribution < -0.4 is 5.84 Å². The van der Waals surface area contributed by atoms with Gasteiger partial charge in [0.1, 0.15) is 6.33 Å². The topological polar surface area (TPSA) is 107 Å². The molecule has 0 radical (unpaired) electrons. The average molecular weight is 492 g/mol. The maximum absolute atomic E-state index is 13.0. The minimum Gasteiger partial charge on any atom is -0.379 e. The number of morpholine rings is 1. The Kier molecular flexibility index (Phi) is 7.38. The first-order valence-corrected chi connectivity index (χ1v) is 9.65. The van der Waals surface area contributed by atoms with Crippen molar-refractivity contribution < 1.29 is 40.7 Å². The molecule has 0 unspecified atom stereocenters. The minimum atomic E-state index is -5.02. The fourth-order valence-corrected chi connectivity index (χ4v) is 2.93. The van der Waals surface area contributed by atoms with Gasteiger partial charge in [0.2, 0.25) is 0 Å². The molecule has 3 rings (SSSR count). The number of nitrogens with two attached hydrogens (primary N) is 1. The van der Waals surface area contributed by atoms with Gasteiger partial charge in [-0.05, 0) is 18.2 Å². The zero-order valence-electron chi connectivity index (χ0n) is 17.3. The standard InChI is InChI=1S/C19H18F6N6O3/c20-18(21,22)13-7-12(8-14(9-13)19(23,24)25)17-27-11-30(28-17)2-1-15(32)31(26)16(33)10-29-3-5-34-6-4-29/h1-2,7-9,11H,3-6,10,26H2. The highest BCUT2D eigenvalue weighted by Crippen LogP contribution is 2.38. The zero-order valence-corrected chi connectivity index (χ0v) is 17.3. The highest BCUT2D eigenvalue weighted by Gasteiger charge is 2.37. The summed E-state index contributed by atoms with van der Waals surface area (Å²) in [5.41, 5.74) is -3.56. The van der Waals surface area contributed by atoms with Gasteiger partial charge in [-0.15, -0.1) is 5.10 Å². The van der Waals surface area contributed by atoms with Gasteiger partial charge >= 0.3 is 12.4 Å². The number of benzene rings is 1. The molecule has 1 saturated heterocycles. The third kappa shape index (κ3) is 6.39. The van der Waals surface area contributed by atoms with Crippen LogP contribution in [0, 0.1) is 0 Å². The monoisotopic (exact) mass is 492 g/mol. The predicted molar refractivity (Wildman–Crippen MR) is 104 cm³/mol. The number of rotatable bonds is 5. The van der Waals surface area contributed by atoms with E-state index in [1.807, 2.05) is 0 Å². The molecule has 184 valence electrons. The van der Waals surface area contributed by atoms with Gasteiger partial charge in [0.15, 0.2) is 5.82 Å². The molecule has 1 aliphatic rings. The van der Waals surface area contributed by atoms with Crippen molar-refractivity contribution in [1.82, 2.24) is 24.7 Å². The molecule has 0 bridgehead atoms. The molecule has 2 amide bonds. The Hall–Kier alpha value is -3.30. The molecule has 2 aromatic rings. The van der Waals surface area contributed by atoms with Crippen molar-refractivity contribution >= 4 is 18.0 Å². The van der Waals surface area contributed by atoms with Gasteiger partial charge in [0.05, 0.1) is 30.9 Å².